The van der Waals surface area contributed by atoms with Gasteiger partial charge >= 0.3 is 12.1 Å². The molecule has 106 valence electrons. The van der Waals surface area contributed by atoms with Crippen molar-refractivity contribution in [2.24, 2.45) is 0 Å². The second-order valence-corrected chi connectivity index (χ2v) is 6.37. The molecule has 0 atom stereocenters. The normalized spacial score (nSPS) is 17.9. The number of rotatable bonds is 4. The number of alkyl halides is 3. The van der Waals surface area contributed by atoms with E-state index in [0.29, 0.717) is 0 Å². The zero-order valence-corrected chi connectivity index (χ0v) is 10.5. The van der Waals surface area contributed by atoms with Crippen LogP contribution in [0.2, 0.25) is 0 Å². The quantitative estimate of drug-likeness (QED) is 0.739. The van der Waals surface area contributed by atoms with Crippen LogP contribution in [0, 0.1) is 0 Å². The number of hydrogen-bond acceptors (Lipinski definition) is 5. The minimum absolute atomic E-state index is 0.136. The van der Waals surface area contributed by atoms with Crippen LogP contribution >= 0.6 is 0 Å². The molecule has 1 aliphatic rings. The van der Waals surface area contributed by atoms with Gasteiger partial charge < -0.3 is 10.2 Å². The van der Waals surface area contributed by atoms with E-state index in [1.165, 1.54) is 13.8 Å². The third kappa shape index (κ3) is 3.12. The molecule has 0 aromatic carbocycles. The van der Waals surface area contributed by atoms with Crippen molar-refractivity contribution in [3.63, 3.8) is 0 Å². The van der Waals surface area contributed by atoms with E-state index < -0.39 is 33.5 Å². The van der Waals surface area contributed by atoms with Gasteiger partial charge in [0.25, 0.3) is 0 Å². The molecule has 18 heavy (non-hydrogen) atoms. The summed E-state index contributed by atoms with van der Waals surface area (Å²) in [5, 5.41) is 1.70. The Morgan fingerprint density at radius 1 is 1.39 bits per heavy atom. The van der Waals surface area contributed by atoms with Crippen LogP contribution in [0.3, 0.4) is 0 Å². The van der Waals surface area contributed by atoms with E-state index in [4.69, 9.17) is 0 Å². The molecule has 0 aromatic rings. The van der Waals surface area contributed by atoms with Gasteiger partial charge in [0.15, 0.2) is 0 Å². The highest BCUT2D eigenvalue weighted by Crippen LogP contribution is 2.22. The summed E-state index contributed by atoms with van der Waals surface area (Å²) in [6.45, 7) is 2.85. The van der Waals surface area contributed by atoms with Crippen molar-refractivity contribution in [1.29, 1.82) is 0 Å². The van der Waals surface area contributed by atoms with E-state index in [0.717, 1.165) is 0 Å². The number of sulfonamides is 1. The van der Waals surface area contributed by atoms with Gasteiger partial charge in [0.05, 0.1) is 11.3 Å². The van der Waals surface area contributed by atoms with Crippen LogP contribution < -0.4 is 5.32 Å². The second kappa shape index (κ2) is 5.02. The fraction of sp³-hybridized carbons (Fsp3) is 0.875. The van der Waals surface area contributed by atoms with Gasteiger partial charge in [-0.15, -0.1) is 0 Å². The number of halogens is 3. The van der Waals surface area contributed by atoms with E-state index in [2.05, 4.69) is 10.2 Å². The van der Waals surface area contributed by atoms with Crippen LogP contribution in [0.4, 0.5) is 13.2 Å². The van der Waals surface area contributed by atoms with Crippen molar-refractivity contribution in [2.75, 3.05) is 13.1 Å². The number of hydroxylamine groups is 1. The fourth-order valence-corrected chi connectivity index (χ4v) is 2.25. The monoisotopic (exact) mass is 290 g/mol. The average Bonchev–Trinajstić information content (AvgIpc) is 2.11. The minimum atomic E-state index is -5.23. The van der Waals surface area contributed by atoms with Gasteiger partial charge in [0.1, 0.15) is 0 Å². The van der Waals surface area contributed by atoms with Gasteiger partial charge in [-0.1, -0.05) is 0 Å². The molecular formula is C8H13F3N2O4S. The molecule has 1 fully saturated rings. The first-order chi connectivity index (χ1) is 8.06. The van der Waals surface area contributed by atoms with Gasteiger partial charge in [0.2, 0.25) is 10.0 Å². The highest BCUT2D eigenvalue weighted by molar-refractivity contribution is 7.89. The topological polar surface area (TPSA) is 75.7 Å². The van der Waals surface area contributed by atoms with Crippen LogP contribution in [-0.2, 0) is 19.7 Å². The Morgan fingerprint density at radius 2 is 1.89 bits per heavy atom. The molecule has 1 saturated heterocycles. The maximum absolute atomic E-state index is 12.1. The Labute approximate surface area is 102 Å². The average molecular weight is 290 g/mol. The summed E-state index contributed by atoms with van der Waals surface area (Å²) in [6.07, 6.45) is -5.23. The highest BCUT2D eigenvalue weighted by atomic mass is 32.2. The third-order valence-electron chi connectivity index (χ3n) is 2.31. The van der Waals surface area contributed by atoms with Gasteiger partial charge in [-0.2, -0.15) is 13.2 Å². The number of nitrogens with zero attached hydrogens (tertiary/aromatic N) is 1. The zero-order chi connectivity index (χ0) is 14.1. The minimum Gasteiger partial charge on any atom is -0.345 e. The maximum Gasteiger partial charge on any atom is 0.492 e. The molecule has 1 N–H and O–H groups in total. The van der Waals surface area contributed by atoms with Gasteiger partial charge in [0, 0.05) is 13.1 Å². The van der Waals surface area contributed by atoms with Crippen molar-refractivity contribution in [3.05, 3.63) is 0 Å². The lowest BCUT2D eigenvalue weighted by Gasteiger charge is -2.36. The summed E-state index contributed by atoms with van der Waals surface area (Å²) in [5.41, 5.74) is 0. The first-order valence-electron chi connectivity index (χ1n) is 5.10. The molecule has 0 amide bonds. The molecule has 0 radical (unpaired) electrons. The van der Waals surface area contributed by atoms with Crippen LogP contribution in [0.25, 0.3) is 0 Å². The third-order valence-corrected chi connectivity index (χ3v) is 4.37. The summed E-state index contributed by atoms with van der Waals surface area (Å²) in [6, 6.07) is -0.802. The Kier molecular flexibility index (Phi) is 4.23. The SMILES string of the molecule is CC(C)S(=O)(=O)N(OC(=O)C(F)(F)F)C1CNC1. The number of carbonyl (C=O) groups is 1. The predicted octanol–water partition coefficient (Wildman–Crippen LogP) is 0.0189. The van der Waals surface area contributed by atoms with Gasteiger partial charge in [-0.3, -0.25) is 0 Å². The predicted molar refractivity (Wildman–Crippen MR) is 54.7 cm³/mol. The van der Waals surface area contributed by atoms with Crippen LogP contribution in [-0.4, -0.2) is 49.4 Å². The molecule has 0 bridgehead atoms. The number of hydrogen-bond donors (Lipinski definition) is 1. The lowest BCUT2D eigenvalue weighted by atomic mass is 10.2. The summed E-state index contributed by atoms with van der Waals surface area (Å²) < 4.78 is 59.9. The van der Waals surface area contributed by atoms with Crippen molar-refractivity contribution in [3.8, 4) is 0 Å². The van der Waals surface area contributed by atoms with Crippen LogP contribution in [0.15, 0.2) is 0 Å². The maximum atomic E-state index is 12.1. The first-order valence-corrected chi connectivity index (χ1v) is 6.60. The first kappa shape index (κ1) is 15.2. The van der Waals surface area contributed by atoms with E-state index >= 15 is 0 Å². The van der Waals surface area contributed by atoms with Crippen molar-refractivity contribution in [1.82, 2.24) is 9.79 Å². The lowest BCUT2D eigenvalue weighted by molar-refractivity contribution is -0.228. The summed E-state index contributed by atoms with van der Waals surface area (Å²) in [4.78, 5) is 14.7. The summed E-state index contributed by atoms with van der Waals surface area (Å²) >= 11 is 0. The molecule has 0 saturated carbocycles. The molecular weight excluding hydrogens is 277 g/mol. The second-order valence-electron chi connectivity index (χ2n) is 4.04. The lowest BCUT2D eigenvalue weighted by Crippen LogP contribution is -2.60. The van der Waals surface area contributed by atoms with Gasteiger partial charge in [-0.25, -0.2) is 13.2 Å². The van der Waals surface area contributed by atoms with Crippen LogP contribution in [0.5, 0.6) is 0 Å². The molecule has 1 aliphatic heterocycles. The van der Waals surface area contributed by atoms with Crippen molar-refractivity contribution >= 4 is 16.0 Å². The van der Waals surface area contributed by atoms with E-state index in [9.17, 15) is 26.4 Å². The molecule has 6 nitrogen and oxygen atoms in total. The standard InChI is InChI=1S/C8H13F3N2O4S/c1-5(2)18(15,16)13(6-3-12-4-6)17-7(14)8(9,10)11/h5-6,12H,3-4H2,1-2H3. The number of carbonyl (C=O) groups excluding carboxylic acids is 1. The van der Waals surface area contributed by atoms with E-state index in [1.54, 1.807) is 0 Å². The fourth-order valence-electron chi connectivity index (χ4n) is 1.10. The van der Waals surface area contributed by atoms with Crippen molar-refractivity contribution < 1.29 is 31.2 Å². The summed E-state index contributed by atoms with van der Waals surface area (Å²) in [5.74, 6) is -2.54. The Balaban J connectivity index is 2.90. The molecule has 0 spiro atoms. The molecule has 10 heteroatoms. The molecule has 0 aliphatic carbocycles. The largest absolute Gasteiger partial charge is 0.492 e. The summed E-state index contributed by atoms with van der Waals surface area (Å²) in [7, 11) is -4.10. The number of nitrogens with one attached hydrogen (secondary N) is 1. The Hall–Kier alpha value is -0.870. The Bertz CT molecular complexity index is 417. The van der Waals surface area contributed by atoms with Crippen LogP contribution in [0.1, 0.15) is 13.8 Å². The van der Waals surface area contributed by atoms with Crippen molar-refractivity contribution in [2.45, 2.75) is 31.3 Å². The molecule has 1 heterocycles. The highest BCUT2D eigenvalue weighted by Gasteiger charge is 2.47. The van der Waals surface area contributed by atoms with Gasteiger partial charge in [-0.05, 0) is 18.3 Å². The van der Waals surface area contributed by atoms with E-state index in [-0.39, 0.29) is 17.6 Å². The molecule has 0 unspecified atom stereocenters. The molecule has 0 aromatic heterocycles. The zero-order valence-electron chi connectivity index (χ0n) is 9.69. The Morgan fingerprint density at radius 3 is 2.17 bits per heavy atom. The van der Waals surface area contributed by atoms with E-state index in [1.807, 2.05) is 0 Å². The smallest absolute Gasteiger partial charge is 0.345 e. The molecule has 1 rings (SSSR count).